The average molecular weight is 210 g/mol. The second kappa shape index (κ2) is 4.19. The largest absolute Gasteiger partial charge is 0.296 e. The van der Waals surface area contributed by atoms with Crippen LogP contribution in [0.2, 0.25) is 0 Å². The minimum absolute atomic E-state index is 0.457. The Morgan fingerprint density at radius 2 is 2.64 bits per heavy atom. The summed E-state index contributed by atoms with van der Waals surface area (Å²) < 4.78 is 0. The zero-order valence-electron chi connectivity index (χ0n) is 8.27. The number of aromatic nitrogens is 1. The SMILES string of the molecule is CCN1CCCC1c1nc(C=O)cs1. The van der Waals surface area contributed by atoms with Crippen molar-refractivity contribution >= 4 is 17.6 Å². The molecule has 0 N–H and O–H groups in total. The maximum absolute atomic E-state index is 10.5. The lowest BCUT2D eigenvalue weighted by atomic mass is 10.2. The van der Waals surface area contributed by atoms with E-state index in [4.69, 9.17) is 0 Å². The van der Waals surface area contributed by atoms with Gasteiger partial charge in [-0.15, -0.1) is 11.3 Å². The summed E-state index contributed by atoms with van der Waals surface area (Å²) in [5.41, 5.74) is 0.577. The van der Waals surface area contributed by atoms with E-state index in [9.17, 15) is 4.79 Å². The Bertz CT molecular complexity index is 324. The number of likely N-dealkylation sites (tertiary alicyclic amines) is 1. The molecule has 0 bridgehead atoms. The van der Waals surface area contributed by atoms with Gasteiger partial charge >= 0.3 is 0 Å². The van der Waals surface area contributed by atoms with Gasteiger partial charge in [-0.2, -0.15) is 0 Å². The van der Waals surface area contributed by atoms with Crippen LogP contribution in [-0.2, 0) is 0 Å². The van der Waals surface area contributed by atoms with Gasteiger partial charge in [-0.25, -0.2) is 4.98 Å². The summed E-state index contributed by atoms with van der Waals surface area (Å²) in [7, 11) is 0. The van der Waals surface area contributed by atoms with Gasteiger partial charge in [-0.05, 0) is 25.9 Å². The van der Waals surface area contributed by atoms with E-state index in [-0.39, 0.29) is 0 Å². The quantitative estimate of drug-likeness (QED) is 0.716. The number of carbonyl (C=O) groups excluding carboxylic acids is 1. The van der Waals surface area contributed by atoms with Crippen molar-refractivity contribution in [3.05, 3.63) is 16.1 Å². The molecule has 0 radical (unpaired) electrons. The molecular formula is C10H14N2OS. The summed E-state index contributed by atoms with van der Waals surface area (Å²) in [5.74, 6) is 0. The third-order valence-electron chi connectivity index (χ3n) is 2.72. The predicted octanol–water partition coefficient (Wildman–Crippen LogP) is 2.11. The second-order valence-corrected chi connectivity index (χ2v) is 4.40. The van der Waals surface area contributed by atoms with Crippen LogP contribution in [0.5, 0.6) is 0 Å². The lowest BCUT2D eigenvalue weighted by Gasteiger charge is -2.20. The zero-order chi connectivity index (χ0) is 9.97. The van der Waals surface area contributed by atoms with E-state index in [2.05, 4.69) is 16.8 Å². The fourth-order valence-electron chi connectivity index (χ4n) is 1.99. The van der Waals surface area contributed by atoms with E-state index in [0.29, 0.717) is 11.7 Å². The van der Waals surface area contributed by atoms with Gasteiger partial charge in [0.05, 0.1) is 6.04 Å². The molecule has 2 heterocycles. The summed E-state index contributed by atoms with van der Waals surface area (Å²) in [4.78, 5) is 17.3. The standard InChI is InChI=1S/C10H14N2OS/c1-2-12-5-3-4-9(12)10-11-8(6-13)7-14-10/h6-7,9H,2-5H2,1H3. The summed E-state index contributed by atoms with van der Waals surface area (Å²) in [6.07, 6.45) is 3.25. The fourth-order valence-corrected chi connectivity index (χ4v) is 2.92. The molecule has 14 heavy (non-hydrogen) atoms. The molecule has 1 aromatic heterocycles. The topological polar surface area (TPSA) is 33.2 Å². The molecule has 76 valence electrons. The summed E-state index contributed by atoms with van der Waals surface area (Å²) >= 11 is 1.61. The number of thiazole rings is 1. The van der Waals surface area contributed by atoms with Crippen molar-refractivity contribution in [1.29, 1.82) is 0 Å². The highest BCUT2D eigenvalue weighted by molar-refractivity contribution is 7.09. The average Bonchev–Trinajstić information content (AvgIpc) is 2.85. The number of rotatable bonds is 3. The molecule has 1 fully saturated rings. The first-order valence-corrected chi connectivity index (χ1v) is 5.87. The summed E-state index contributed by atoms with van der Waals surface area (Å²) in [6.45, 7) is 4.41. The van der Waals surface area contributed by atoms with Gasteiger partial charge in [0.15, 0.2) is 6.29 Å². The maximum atomic E-state index is 10.5. The van der Waals surface area contributed by atoms with Crippen molar-refractivity contribution in [3.8, 4) is 0 Å². The first-order chi connectivity index (χ1) is 6.85. The Kier molecular flexibility index (Phi) is 2.93. The number of hydrogen-bond acceptors (Lipinski definition) is 4. The molecule has 1 aliphatic rings. The minimum Gasteiger partial charge on any atom is -0.296 e. The first-order valence-electron chi connectivity index (χ1n) is 4.99. The Morgan fingerprint density at radius 1 is 1.79 bits per heavy atom. The Balaban J connectivity index is 2.17. The van der Waals surface area contributed by atoms with E-state index in [0.717, 1.165) is 24.4 Å². The Morgan fingerprint density at radius 3 is 3.29 bits per heavy atom. The molecule has 0 aliphatic carbocycles. The monoisotopic (exact) mass is 210 g/mol. The van der Waals surface area contributed by atoms with Crippen LogP contribution in [0.4, 0.5) is 0 Å². The maximum Gasteiger partial charge on any atom is 0.169 e. The van der Waals surface area contributed by atoms with Gasteiger partial charge in [0, 0.05) is 5.38 Å². The van der Waals surface area contributed by atoms with Crippen LogP contribution in [0.25, 0.3) is 0 Å². The van der Waals surface area contributed by atoms with Crippen LogP contribution < -0.4 is 0 Å². The molecule has 0 saturated carbocycles. The smallest absolute Gasteiger partial charge is 0.169 e. The molecule has 1 atom stereocenters. The normalized spacial score (nSPS) is 22.8. The van der Waals surface area contributed by atoms with E-state index in [1.54, 1.807) is 11.3 Å². The van der Waals surface area contributed by atoms with Crippen LogP contribution in [0.15, 0.2) is 5.38 Å². The van der Waals surface area contributed by atoms with E-state index in [1.165, 1.54) is 12.8 Å². The van der Waals surface area contributed by atoms with Crippen molar-refractivity contribution in [3.63, 3.8) is 0 Å². The lowest BCUT2D eigenvalue weighted by Crippen LogP contribution is -2.22. The van der Waals surface area contributed by atoms with Crippen LogP contribution >= 0.6 is 11.3 Å². The summed E-state index contributed by atoms with van der Waals surface area (Å²) in [5, 5.41) is 2.94. The van der Waals surface area contributed by atoms with Crippen molar-refractivity contribution in [1.82, 2.24) is 9.88 Å². The Labute approximate surface area is 87.8 Å². The predicted molar refractivity (Wildman–Crippen MR) is 56.7 cm³/mol. The molecule has 0 amide bonds. The van der Waals surface area contributed by atoms with Crippen molar-refractivity contribution in [2.75, 3.05) is 13.1 Å². The van der Waals surface area contributed by atoms with Gasteiger partial charge in [0.1, 0.15) is 10.7 Å². The molecule has 1 saturated heterocycles. The summed E-state index contributed by atoms with van der Waals surface area (Å²) in [6, 6.07) is 0.457. The van der Waals surface area contributed by atoms with Gasteiger partial charge in [-0.3, -0.25) is 9.69 Å². The molecule has 3 nitrogen and oxygen atoms in total. The van der Waals surface area contributed by atoms with Gasteiger partial charge in [0.2, 0.25) is 0 Å². The highest BCUT2D eigenvalue weighted by Gasteiger charge is 2.26. The van der Waals surface area contributed by atoms with Crippen LogP contribution in [0.1, 0.15) is 41.3 Å². The minimum atomic E-state index is 0.457. The van der Waals surface area contributed by atoms with E-state index >= 15 is 0 Å². The van der Waals surface area contributed by atoms with Crippen molar-refractivity contribution in [2.24, 2.45) is 0 Å². The number of hydrogen-bond donors (Lipinski definition) is 0. The Hall–Kier alpha value is -0.740. The molecule has 0 aromatic carbocycles. The van der Waals surface area contributed by atoms with Gasteiger partial charge in [-0.1, -0.05) is 6.92 Å². The van der Waals surface area contributed by atoms with Crippen molar-refractivity contribution < 1.29 is 4.79 Å². The lowest BCUT2D eigenvalue weighted by molar-refractivity contribution is 0.111. The van der Waals surface area contributed by atoms with Gasteiger partial charge < -0.3 is 0 Å². The van der Waals surface area contributed by atoms with Crippen molar-refractivity contribution in [2.45, 2.75) is 25.8 Å². The zero-order valence-corrected chi connectivity index (χ0v) is 9.09. The highest BCUT2D eigenvalue weighted by Crippen LogP contribution is 2.32. The van der Waals surface area contributed by atoms with Crippen LogP contribution in [0, 0.1) is 0 Å². The number of carbonyl (C=O) groups is 1. The molecule has 1 unspecified atom stereocenters. The third kappa shape index (κ3) is 1.72. The van der Waals surface area contributed by atoms with Gasteiger partial charge in [0.25, 0.3) is 0 Å². The molecule has 4 heteroatoms. The molecular weight excluding hydrogens is 196 g/mol. The van der Waals surface area contributed by atoms with Crippen LogP contribution in [-0.4, -0.2) is 29.3 Å². The molecule has 0 spiro atoms. The second-order valence-electron chi connectivity index (χ2n) is 3.52. The number of nitrogens with zero attached hydrogens (tertiary/aromatic N) is 2. The molecule has 2 rings (SSSR count). The fraction of sp³-hybridized carbons (Fsp3) is 0.600. The molecule has 1 aliphatic heterocycles. The van der Waals surface area contributed by atoms with E-state index in [1.807, 2.05) is 5.38 Å². The molecule has 1 aromatic rings. The first kappa shape index (κ1) is 9.80. The third-order valence-corrected chi connectivity index (χ3v) is 3.68. The van der Waals surface area contributed by atoms with E-state index < -0.39 is 0 Å². The number of aldehydes is 1. The van der Waals surface area contributed by atoms with Crippen LogP contribution in [0.3, 0.4) is 0 Å². The highest BCUT2D eigenvalue weighted by atomic mass is 32.1.